The van der Waals surface area contributed by atoms with Gasteiger partial charge in [-0.15, -0.1) is 0 Å². The number of hydrogen-bond donors (Lipinski definition) is 1. The predicted octanol–water partition coefficient (Wildman–Crippen LogP) is 2.76. The number of nitrogens with zero attached hydrogens (tertiary/aromatic N) is 1. The third kappa shape index (κ3) is 2.73. The highest BCUT2D eigenvalue weighted by Gasteiger charge is 2.19. The first-order chi connectivity index (χ1) is 9.36. The molecule has 1 aliphatic heterocycles. The van der Waals surface area contributed by atoms with Gasteiger partial charge in [0.2, 0.25) is 0 Å². The number of oxime groups is 1. The molecule has 1 aromatic carbocycles. The average molecular weight is 261 g/mol. The van der Waals surface area contributed by atoms with Crippen LogP contribution in [0.2, 0.25) is 0 Å². The van der Waals surface area contributed by atoms with Crippen LogP contribution in [0, 0.1) is 0 Å². The number of aryl methyl sites for hydroxylation is 1. The molecule has 3 rings (SSSR count). The molecule has 1 aliphatic carbocycles. The summed E-state index contributed by atoms with van der Waals surface area (Å²) in [6.45, 7) is 1.50. The Bertz CT molecular complexity index is 478. The van der Waals surface area contributed by atoms with Gasteiger partial charge in [0, 0.05) is 12.2 Å². The second-order valence-corrected chi connectivity index (χ2v) is 5.18. The molecule has 0 saturated carbocycles. The molecule has 0 bridgehead atoms. The molecule has 19 heavy (non-hydrogen) atoms. The Hall–Kier alpha value is -1.55. The Kier molecular flexibility index (Phi) is 3.69. The molecule has 0 radical (unpaired) electrons. The van der Waals surface area contributed by atoms with Gasteiger partial charge in [-0.25, -0.2) is 0 Å². The molecule has 1 unspecified atom stereocenters. The summed E-state index contributed by atoms with van der Waals surface area (Å²) in [4.78, 5) is 0. The van der Waals surface area contributed by atoms with Crippen molar-refractivity contribution in [3.05, 3.63) is 29.3 Å². The van der Waals surface area contributed by atoms with Crippen molar-refractivity contribution in [2.75, 3.05) is 13.2 Å². The quantitative estimate of drug-likeness (QED) is 0.658. The second kappa shape index (κ2) is 5.61. The summed E-state index contributed by atoms with van der Waals surface area (Å²) in [6, 6.07) is 6.09. The molecule has 4 nitrogen and oxygen atoms in total. The van der Waals surface area contributed by atoms with E-state index < -0.39 is 0 Å². The zero-order valence-corrected chi connectivity index (χ0v) is 11.0. The standard InChI is InChI=1S/C15H19NO3/c17-16-15-5-1-3-11-6-7-12(9-14(11)15)19-13-4-2-8-18-10-13/h6-7,9,13,17H,1-5,8,10H2/b16-15-. The smallest absolute Gasteiger partial charge is 0.122 e. The Morgan fingerprint density at radius 1 is 1.26 bits per heavy atom. The van der Waals surface area contributed by atoms with Crippen molar-refractivity contribution in [2.24, 2.45) is 5.16 Å². The predicted molar refractivity (Wildman–Crippen MR) is 72.2 cm³/mol. The lowest BCUT2D eigenvalue weighted by Gasteiger charge is -2.24. The van der Waals surface area contributed by atoms with E-state index in [-0.39, 0.29) is 6.10 Å². The highest BCUT2D eigenvalue weighted by Crippen LogP contribution is 2.27. The van der Waals surface area contributed by atoms with Crippen molar-refractivity contribution in [3.8, 4) is 5.75 Å². The zero-order chi connectivity index (χ0) is 13.1. The van der Waals surface area contributed by atoms with Gasteiger partial charge < -0.3 is 14.7 Å². The van der Waals surface area contributed by atoms with Crippen LogP contribution in [0.1, 0.15) is 36.8 Å². The lowest BCUT2D eigenvalue weighted by molar-refractivity contribution is 0.00741. The van der Waals surface area contributed by atoms with Crippen molar-refractivity contribution in [3.63, 3.8) is 0 Å². The van der Waals surface area contributed by atoms with E-state index in [9.17, 15) is 0 Å². The van der Waals surface area contributed by atoms with Crippen LogP contribution in [0.3, 0.4) is 0 Å². The summed E-state index contributed by atoms with van der Waals surface area (Å²) in [5.41, 5.74) is 3.04. The first-order valence-corrected chi connectivity index (χ1v) is 6.95. The largest absolute Gasteiger partial charge is 0.488 e. The molecule has 1 heterocycles. The fourth-order valence-corrected chi connectivity index (χ4v) is 2.80. The zero-order valence-electron chi connectivity index (χ0n) is 11.0. The fraction of sp³-hybridized carbons (Fsp3) is 0.533. The normalized spacial score (nSPS) is 25.1. The third-order valence-corrected chi connectivity index (χ3v) is 3.79. The van der Waals surface area contributed by atoms with E-state index in [1.807, 2.05) is 12.1 Å². The Labute approximate surface area is 113 Å². The van der Waals surface area contributed by atoms with E-state index in [0.717, 1.165) is 55.7 Å². The minimum absolute atomic E-state index is 0.143. The van der Waals surface area contributed by atoms with E-state index in [1.54, 1.807) is 0 Å². The number of benzene rings is 1. The Balaban J connectivity index is 1.79. The van der Waals surface area contributed by atoms with Gasteiger partial charge in [-0.05, 0) is 49.8 Å². The molecule has 1 saturated heterocycles. The fourth-order valence-electron chi connectivity index (χ4n) is 2.80. The lowest BCUT2D eigenvalue weighted by atomic mass is 9.90. The molecule has 1 N–H and O–H groups in total. The first kappa shape index (κ1) is 12.5. The number of rotatable bonds is 2. The first-order valence-electron chi connectivity index (χ1n) is 6.95. The molecular formula is C15H19NO3. The summed E-state index contributed by atoms with van der Waals surface area (Å²) >= 11 is 0. The van der Waals surface area contributed by atoms with Crippen LogP contribution < -0.4 is 4.74 Å². The average Bonchev–Trinajstić information content (AvgIpc) is 2.47. The Morgan fingerprint density at radius 2 is 2.21 bits per heavy atom. The van der Waals surface area contributed by atoms with Crippen molar-refractivity contribution in [1.82, 2.24) is 0 Å². The molecule has 1 fully saturated rings. The maximum atomic E-state index is 9.08. The monoisotopic (exact) mass is 261 g/mol. The minimum atomic E-state index is 0.143. The van der Waals surface area contributed by atoms with Crippen molar-refractivity contribution in [2.45, 2.75) is 38.2 Å². The van der Waals surface area contributed by atoms with Gasteiger partial charge in [0.15, 0.2) is 0 Å². The number of hydrogen-bond acceptors (Lipinski definition) is 4. The minimum Gasteiger partial charge on any atom is -0.488 e. The van der Waals surface area contributed by atoms with Crippen molar-refractivity contribution in [1.29, 1.82) is 0 Å². The van der Waals surface area contributed by atoms with Crippen molar-refractivity contribution < 1.29 is 14.7 Å². The van der Waals surface area contributed by atoms with Crippen LogP contribution in [-0.4, -0.2) is 30.2 Å². The van der Waals surface area contributed by atoms with Gasteiger partial charge in [-0.1, -0.05) is 11.2 Å². The van der Waals surface area contributed by atoms with Gasteiger partial charge >= 0.3 is 0 Å². The SMILES string of the molecule is O/N=C1/CCCc2ccc(OC3CCCOC3)cc21. The van der Waals surface area contributed by atoms with Gasteiger partial charge in [0.1, 0.15) is 11.9 Å². The molecule has 102 valence electrons. The van der Waals surface area contributed by atoms with Gasteiger partial charge in [0.25, 0.3) is 0 Å². The topological polar surface area (TPSA) is 51.1 Å². The molecular weight excluding hydrogens is 242 g/mol. The van der Waals surface area contributed by atoms with Crippen LogP contribution in [0.5, 0.6) is 5.75 Å². The Morgan fingerprint density at radius 3 is 3.00 bits per heavy atom. The highest BCUT2D eigenvalue weighted by atomic mass is 16.5. The summed E-state index contributed by atoms with van der Waals surface area (Å²) in [7, 11) is 0. The van der Waals surface area contributed by atoms with Gasteiger partial charge in [0.05, 0.1) is 12.3 Å². The van der Waals surface area contributed by atoms with E-state index >= 15 is 0 Å². The van der Waals surface area contributed by atoms with E-state index in [2.05, 4.69) is 11.2 Å². The van der Waals surface area contributed by atoms with E-state index in [0.29, 0.717) is 6.61 Å². The maximum Gasteiger partial charge on any atom is 0.122 e. The van der Waals surface area contributed by atoms with Crippen LogP contribution in [0.4, 0.5) is 0 Å². The van der Waals surface area contributed by atoms with Crippen LogP contribution >= 0.6 is 0 Å². The van der Waals surface area contributed by atoms with Crippen molar-refractivity contribution >= 4 is 5.71 Å². The second-order valence-electron chi connectivity index (χ2n) is 5.18. The molecule has 1 aromatic rings. The van der Waals surface area contributed by atoms with Gasteiger partial charge in [-0.2, -0.15) is 0 Å². The van der Waals surface area contributed by atoms with Crippen LogP contribution in [0.15, 0.2) is 23.4 Å². The molecule has 2 aliphatic rings. The molecule has 0 spiro atoms. The molecule has 4 heteroatoms. The number of fused-ring (bicyclic) bond motifs is 1. The summed E-state index contributed by atoms with van der Waals surface area (Å²) in [5.74, 6) is 0.845. The van der Waals surface area contributed by atoms with E-state index in [1.165, 1.54) is 5.56 Å². The van der Waals surface area contributed by atoms with E-state index in [4.69, 9.17) is 14.7 Å². The summed E-state index contributed by atoms with van der Waals surface area (Å²) in [6.07, 6.45) is 5.16. The molecule has 0 amide bonds. The number of ether oxygens (including phenoxy) is 2. The molecule has 1 atom stereocenters. The molecule has 0 aromatic heterocycles. The summed E-state index contributed by atoms with van der Waals surface area (Å²) in [5, 5.41) is 12.5. The van der Waals surface area contributed by atoms with Crippen LogP contribution in [-0.2, 0) is 11.2 Å². The van der Waals surface area contributed by atoms with Gasteiger partial charge in [-0.3, -0.25) is 0 Å². The summed E-state index contributed by atoms with van der Waals surface area (Å²) < 4.78 is 11.4. The highest BCUT2D eigenvalue weighted by molar-refractivity contribution is 6.02. The maximum absolute atomic E-state index is 9.08. The lowest BCUT2D eigenvalue weighted by Crippen LogP contribution is -2.28. The third-order valence-electron chi connectivity index (χ3n) is 3.79. The van der Waals surface area contributed by atoms with Crippen LogP contribution in [0.25, 0.3) is 0 Å².